The maximum atomic E-state index is 11.8. The minimum absolute atomic E-state index is 0.0382. The van der Waals surface area contributed by atoms with E-state index in [1.807, 2.05) is 27.7 Å². The van der Waals surface area contributed by atoms with E-state index in [-0.39, 0.29) is 17.4 Å². The van der Waals surface area contributed by atoms with Gasteiger partial charge in [0.1, 0.15) is 0 Å². The first-order valence-corrected chi connectivity index (χ1v) is 6.20. The number of rotatable bonds is 5. The Morgan fingerprint density at radius 3 is 2.06 bits per heavy atom. The second-order valence-corrected chi connectivity index (χ2v) is 6.22. The van der Waals surface area contributed by atoms with Crippen LogP contribution in [0.2, 0.25) is 0 Å². The van der Waals surface area contributed by atoms with Crippen LogP contribution in [0.5, 0.6) is 0 Å². The molecule has 1 unspecified atom stereocenters. The molecule has 2 atom stereocenters. The topological polar surface area (TPSA) is 55.1 Å². The van der Waals surface area contributed by atoms with Crippen LogP contribution in [0, 0.1) is 11.3 Å². The highest BCUT2D eigenvalue weighted by atomic mass is 16.2. The molecule has 0 saturated carbocycles. The van der Waals surface area contributed by atoms with E-state index >= 15 is 0 Å². The molecule has 0 aromatic rings. The fourth-order valence-electron chi connectivity index (χ4n) is 1.38. The molecule has 0 saturated heterocycles. The van der Waals surface area contributed by atoms with Gasteiger partial charge in [-0.05, 0) is 31.1 Å². The molecule has 0 bridgehead atoms. The summed E-state index contributed by atoms with van der Waals surface area (Å²) in [6.07, 6.45) is 2.15. The van der Waals surface area contributed by atoms with Crippen LogP contribution in [0.1, 0.15) is 54.4 Å². The first-order chi connectivity index (χ1) is 7.14. The molecule has 3 N–H and O–H groups in total. The third kappa shape index (κ3) is 6.11. The summed E-state index contributed by atoms with van der Waals surface area (Å²) < 4.78 is 0. The molecule has 0 spiro atoms. The SMILES string of the molecule is CC(C)CCC(C)NC(=O)[C@@H](N)C(C)(C)C. The Kier molecular flexibility index (Phi) is 6.01. The third-order valence-corrected chi connectivity index (χ3v) is 2.78. The molecule has 96 valence electrons. The molecule has 1 amide bonds. The van der Waals surface area contributed by atoms with Gasteiger partial charge in [0.25, 0.3) is 0 Å². The molecule has 0 aromatic heterocycles. The van der Waals surface area contributed by atoms with Crippen molar-refractivity contribution >= 4 is 5.91 Å². The Morgan fingerprint density at radius 2 is 1.69 bits per heavy atom. The first-order valence-electron chi connectivity index (χ1n) is 6.20. The van der Waals surface area contributed by atoms with Crippen LogP contribution in [0.25, 0.3) is 0 Å². The Balaban J connectivity index is 4.05. The number of carbonyl (C=O) groups is 1. The second-order valence-electron chi connectivity index (χ2n) is 6.22. The Labute approximate surface area is 100 Å². The van der Waals surface area contributed by atoms with Crippen LogP contribution in [0.3, 0.4) is 0 Å². The van der Waals surface area contributed by atoms with Gasteiger partial charge in [-0.2, -0.15) is 0 Å². The average molecular weight is 228 g/mol. The zero-order chi connectivity index (χ0) is 12.9. The van der Waals surface area contributed by atoms with Gasteiger partial charge in [-0.25, -0.2) is 0 Å². The van der Waals surface area contributed by atoms with E-state index in [0.717, 1.165) is 12.8 Å². The summed E-state index contributed by atoms with van der Waals surface area (Å²) >= 11 is 0. The normalized spacial score (nSPS) is 16.0. The van der Waals surface area contributed by atoms with Gasteiger partial charge in [-0.3, -0.25) is 4.79 Å². The lowest BCUT2D eigenvalue weighted by Gasteiger charge is -2.27. The van der Waals surface area contributed by atoms with Crippen molar-refractivity contribution in [1.29, 1.82) is 0 Å². The number of carbonyl (C=O) groups excluding carboxylic acids is 1. The predicted octanol–water partition coefficient (Wildman–Crippen LogP) is 2.30. The summed E-state index contributed by atoms with van der Waals surface area (Å²) in [5.41, 5.74) is 5.71. The number of amides is 1. The van der Waals surface area contributed by atoms with Gasteiger partial charge in [-0.1, -0.05) is 34.6 Å². The zero-order valence-electron chi connectivity index (χ0n) is 11.6. The average Bonchev–Trinajstić information content (AvgIpc) is 2.11. The van der Waals surface area contributed by atoms with Crippen LogP contribution < -0.4 is 11.1 Å². The molecule has 3 nitrogen and oxygen atoms in total. The van der Waals surface area contributed by atoms with E-state index in [2.05, 4.69) is 19.2 Å². The fourth-order valence-corrected chi connectivity index (χ4v) is 1.38. The van der Waals surface area contributed by atoms with Gasteiger partial charge in [0.15, 0.2) is 0 Å². The molecule has 16 heavy (non-hydrogen) atoms. The zero-order valence-corrected chi connectivity index (χ0v) is 11.6. The Bertz CT molecular complexity index is 218. The number of nitrogens with two attached hydrogens (primary N) is 1. The van der Waals surface area contributed by atoms with Gasteiger partial charge in [-0.15, -0.1) is 0 Å². The lowest BCUT2D eigenvalue weighted by atomic mass is 9.86. The summed E-state index contributed by atoms with van der Waals surface area (Å²) in [5.74, 6) is 0.638. The van der Waals surface area contributed by atoms with Gasteiger partial charge in [0.2, 0.25) is 5.91 Å². The van der Waals surface area contributed by atoms with Gasteiger partial charge < -0.3 is 11.1 Å². The van der Waals surface area contributed by atoms with Crippen molar-refractivity contribution in [1.82, 2.24) is 5.32 Å². The summed E-state index contributed by atoms with van der Waals surface area (Å²) in [6.45, 7) is 12.4. The smallest absolute Gasteiger partial charge is 0.237 e. The van der Waals surface area contributed by atoms with Crippen molar-refractivity contribution in [3.05, 3.63) is 0 Å². The second kappa shape index (κ2) is 6.24. The molecule has 0 aliphatic rings. The van der Waals surface area contributed by atoms with Crippen LogP contribution in [-0.4, -0.2) is 18.0 Å². The van der Waals surface area contributed by atoms with Crippen molar-refractivity contribution in [3.63, 3.8) is 0 Å². The molecule has 0 radical (unpaired) electrons. The molecule has 0 aliphatic heterocycles. The molecule has 0 aromatic carbocycles. The molecule has 0 rings (SSSR count). The van der Waals surface area contributed by atoms with Crippen molar-refractivity contribution in [2.45, 2.75) is 66.5 Å². The molecular formula is C13H28N2O. The summed E-state index contributed by atoms with van der Waals surface area (Å²) in [4.78, 5) is 11.8. The summed E-state index contributed by atoms with van der Waals surface area (Å²) in [6, 6.07) is -0.225. The molecule has 3 heteroatoms. The number of hydrogen-bond donors (Lipinski definition) is 2. The van der Waals surface area contributed by atoms with E-state index < -0.39 is 6.04 Å². The quantitative estimate of drug-likeness (QED) is 0.758. The van der Waals surface area contributed by atoms with E-state index in [4.69, 9.17) is 5.73 Å². The van der Waals surface area contributed by atoms with Gasteiger partial charge >= 0.3 is 0 Å². The fraction of sp³-hybridized carbons (Fsp3) is 0.923. The van der Waals surface area contributed by atoms with E-state index in [1.165, 1.54) is 0 Å². The molecular weight excluding hydrogens is 200 g/mol. The monoisotopic (exact) mass is 228 g/mol. The third-order valence-electron chi connectivity index (χ3n) is 2.78. The Hall–Kier alpha value is -0.570. The van der Waals surface area contributed by atoms with Crippen molar-refractivity contribution in [3.8, 4) is 0 Å². The lowest BCUT2D eigenvalue weighted by molar-refractivity contribution is -0.125. The standard InChI is InChI=1S/C13H28N2O/c1-9(2)7-8-10(3)15-12(16)11(14)13(4,5)6/h9-11H,7-8,14H2,1-6H3,(H,15,16)/t10?,11-/m1/s1. The molecule has 0 heterocycles. The van der Waals surface area contributed by atoms with Crippen LogP contribution in [0.15, 0.2) is 0 Å². The van der Waals surface area contributed by atoms with Crippen LogP contribution in [0.4, 0.5) is 0 Å². The highest BCUT2D eigenvalue weighted by Gasteiger charge is 2.27. The van der Waals surface area contributed by atoms with Crippen molar-refractivity contribution < 1.29 is 4.79 Å². The minimum Gasteiger partial charge on any atom is -0.352 e. The predicted molar refractivity (Wildman–Crippen MR) is 69.1 cm³/mol. The van der Waals surface area contributed by atoms with Gasteiger partial charge in [0.05, 0.1) is 6.04 Å². The van der Waals surface area contributed by atoms with Crippen LogP contribution in [-0.2, 0) is 4.79 Å². The van der Waals surface area contributed by atoms with Crippen molar-refractivity contribution in [2.24, 2.45) is 17.1 Å². The van der Waals surface area contributed by atoms with E-state index in [0.29, 0.717) is 5.92 Å². The maximum absolute atomic E-state index is 11.8. The van der Waals surface area contributed by atoms with E-state index in [9.17, 15) is 4.79 Å². The molecule has 0 aliphatic carbocycles. The maximum Gasteiger partial charge on any atom is 0.237 e. The summed E-state index contributed by atoms with van der Waals surface area (Å²) in [7, 11) is 0. The lowest BCUT2D eigenvalue weighted by Crippen LogP contribution is -2.50. The Morgan fingerprint density at radius 1 is 1.19 bits per heavy atom. The largest absolute Gasteiger partial charge is 0.352 e. The summed E-state index contributed by atoms with van der Waals surface area (Å²) in [5, 5.41) is 2.98. The van der Waals surface area contributed by atoms with Crippen molar-refractivity contribution in [2.75, 3.05) is 0 Å². The first kappa shape index (κ1) is 15.4. The molecule has 0 fully saturated rings. The number of hydrogen-bond acceptors (Lipinski definition) is 2. The number of nitrogens with one attached hydrogen (secondary N) is 1. The highest BCUT2D eigenvalue weighted by Crippen LogP contribution is 2.17. The minimum atomic E-state index is -0.436. The van der Waals surface area contributed by atoms with Gasteiger partial charge in [0, 0.05) is 6.04 Å². The van der Waals surface area contributed by atoms with Crippen LogP contribution >= 0.6 is 0 Å². The van der Waals surface area contributed by atoms with E-state index in [1.54, 1.807) is 0 Å². The highest BCUT2D eigenvalue weighted by molar-refractivity contribution is 5.82.